The van der Waals surface area contributed by atoms with Crippen LogP contribution < -0.4 is 10.1 Å². The molecule has 2 aromatic rings. The minimum Gasteiger partial charge on any atom is -0.493 e. The molecule has 0 amide bonds. The predicted octanol–water partition coefficient (Wildman–Crippen LogP) is 1.51. The summed E-state index contributed by atoms with van der Waals surface area (Å²) in [5.74, 6) is 2.47. The van der Waals surface area contributed by atoms with E-state index in [0.29, 0.717) is 12.0 Å². The third-order valence-electron chi connectivity index (χ3n) is 4.07. The lowest BCUT2D eigenvalue weighted by atomic mass is 9.85. The van der Waals surface area contributed by atoms with E-state index in [-0.39, 0.29) is 0 Å². The Balaban J connectivity index is 1.85. The summed E-state index contributed by atoms with van der Waals surface area (Å²) in [6.45, 7) is 0.776. The molecular formula is C15H20N4O. The van der Waals surface area contributed by atoms with Gasteiger partial charge in [-0.05, 0) is 25.1 Å². The summed E-state index contributed by atoms with van der Waals surface area (Å²) in [5.41, 5.74) is 1.29. The first-order valence-electron chi connectivity index (χ1n) is 7.01. The third-order valence-corrected chi connectivity index (χ3v) is 4.07. The highest BCUT2D eigenvalue weighted by atomic mass is 16.5. The second-order valence-corrected chi connectivity index (χ2v) is 5.18. The summed E-state index contributed by atoms with van der Waals surface area (Å²) in [6.07, 6.45) is 3.51. The summed E-state index contributed by atoms with van der Waals surface area (Å²) in [7, 11) is 3.95. The molecule has 0 bridgehead atoms. The van der Waals surface area contributed by atoms with Crippen molar-refractivity contribution in [2.75, 3.05) is 13.7 Å². The van der Waals surface area contributed by atoms with Gasteiger partial charge in [0, 0.05) is 25.4 Å². The molecular weight excluding hydrogens is 252 g/mol. The molecule has 2 atom stereocenters. The SMILES string of the molecule is CNC(Cc1ncnn1C)C1CCOc2ccccc21. The molecule has 1 aromatic heterocycles. The monoisotopic (exact) mass is 272 g/mol. The molecule has 5 nitrogen and oxygen atoms in total. The summed E-state index contributed by atoms with van der Waals surface area (Å²) in [6, 6.07) is 8.66. The van der Waals surface area contributed by atoms with Crippen LogP contribution in [-0.2, 0) is 13.5 Å². The molecule has 3 rings (SSSR count). The van der Waals surface area contributed by atoms with Crippen LogP contribution in [0.3, 0.4) is 0 Å². The first kappa shape index (κ1) is 13.1. The molecule has 0 saturated carbocycles. The molecule has 2 unspecified atom stereocenters. The van der Waals surface area contributed by atoms with Crippen LogP contribution in [0.4, 0.5) is 0 Å². The van der Waals surface area contributed by atoms with Gasteiger partial charge in [-0.3, -0.25) is 4.68 Å². The number of likely N-dealkylation sites (N-methyl/N-ethyl adjacent to an activating group) is 1. The van der Waals surface area contributed by atoms with E-state index < -0.39 is 0 Å². The second-order valence-electron chi connectivity index (χ2n) is 5.18. The Morgan fingerprint density at radius 3 is 3.05 bits per heavy atom. The lowest BCUT2D eigenvalue weighted by Crippen LogP contribution is -2.37. The Morgan fingerprint density at radius 2 is 2.30 bits per heavy atom. The van der Waals surface area contributed by atoms with Crippen molar-refractivity contribution in [3.05, 3.63) is 42.0 Å². The normalized spacial score (nSPS) is 19.2. The highest BCUT2D eigenvalue weighted by molar-refractivity contribution is 5.38. The number of nitrogens with one attached hydrogen (secondary N) is 1. The van der Waals surface area contributed by atoms with Crippen LogP contribution in [0, 0.1) is 0 Å². The number of ether oxygens (including phenoxy) is 1. The van der Waals surface area contributed by atoms with Gasteiger partial charge >= 0.3 is 0 Å². The smallest absolute Gasteiger partial charge is 0.138 e. The van der Waals surface area contributed by atoms with Crippen LogP contribution in [0.15, 0.2) is 30.6 Å². The molecule has 1 N–H and O–H groups in total. The quantitative estimate of drug-likeness (QED) is 0.916. The maximum Gasteiger partial charge on any atom is 0.138 e. The lowest BCUT2D eigenvalue weighted by Gasteiger charge is -2.32. The van der Waals surface area contributed by atoms with Gasteiger partial charge in [0.15, 0.2) is 0 Å². The van der Waals surface area contributed by atoms with E-state index >= 15 is 0 Å². The zero-order valence-electron chi connectivity index (χ0n) is 11.9. The van der Waals surface area contributed by atoms with Crippen molar-refractivity contribution in [2.45, 2.75) is 24.8 Å². The Morgan fingerprint density at radius 1 is 1.45 bits per heavy atom. The first-order valence-corrected chi connectivity index (χ1v) is 7.01. The Hall–Kier alpha value is -1.88. The van der Waals surface area contributed by atoms with E-state index in [4.69, 9.17) is 4.74 Å². The molecule has 1 aliphatic rings. The molecule has 5 heteroatoms. The van der Waals surface area contributed by atoms with Gasteiger partial charge in [-0.2, -0.15) is 5.10 Å². The molecule has 0 saturated heterocycles. The topological polar surface area (TPSA) is 52.0 Å². The van der Waals surface area contributed by atoms with Crippen molar-refractivity contribution in [3.8, 4) is 5.75 Å². The molecule has 2 heterocycles. The van der Waals surface area contributed by atoms with E-state index in [2.05, 4.69) is 33.6 Å². The molecule has 1 aromatic carbocycles. The number of benzene rings is 1. The van der Waals surface area contributed by atoms with Crippen molar-refractivity contribution >= 4 is 0 Å². The fraction of sp³-hybridized carbons (Fsp3) is 0.467. The van der Waals surface area contributed by atoms with Gasteiger partial charge in [-0.15, -0.1) is 0 Å². The molecule has 0 radical (unpaired) electrons. The van der Waals surface area contributed by atoms with Gasteiger partial charge in [0.1, 0.15) is 17.9 Å². The third kappa shape index (κ3) is 2.41. The van der Waals surface area contributed by atoms with E-state index in [9.17, 15) is 0 Å². The van der Waals surface area contributed by atoms with Crippen LogP contribution in [0.2, 0.25) is 0 Å². The number of nitrogens with zero attached hydrogens (tertiary/aromatic N) is 3. The zero-order chi connectivity index (χ0) is 13.9. The number of fused-ring (bicyclic) bond motifs is 1. The summed E-state index contributed by atoms with van der Waals surface area (Å²) in [4.78, 5) is 4.33. The van der Waals surface area contributed by atoms with Gasteiger partial charge in [0.05, 0.1) is 6.61 Å². The molecule has 106 valence electrons. The standard InChI is InChI=1S/C15H20N4O/c1-16-13(9-15-17-10-18-19(15)2)11-7-8-20-14-6-4-3-5-12(11)14/h3-6,10-11,13,16H,7-9H2,1-2H3. The Kier molecular flexibility index (Phi) is 3.69. The minimum atomic E-state index is 0.336. The van der Waals surface area contributed by atoms with Crippen molar-refractivity contribution in [1.82, 2.24) is 20.1 Å². The van der Waals surface area contributed by atoms with Gasteiger partial charge < -0.3 is 10.1 Å². The van der Waals surface area contributed by atoms with Crippen LogP contribution in [0.5, 0.6) is 5.75 Å². The van der Waals surface area contributed by atoms with Crippen molar-refractivity contribution in [2.24, 2.45) is 7.05 Å². The van der Waals surface area contributed by atoms with Crippen LogP contribution in [0.1, 0.15) is 23.7 Å². The number of para-hydroxylation sites is 1. The largest absolute Gasteiger partial charge is 0.493 e. The Labute approximate surface area is 119 Å². The highest BCUT2D eigenvalue weighted by Crippen LogP contribution is 2.36. The maximum absolute atomic E-state index is 5.75. The van der Waals surface area contributed by atoms with E-state index in [0.717, 1.165) is 31.0 Å². The second kappa shape index (κ2) is 5.63. The molecule has 0 spiro atoms. The summed E-state index contributed by atoms with van der Waals surface area (Å²) < 4.78 is 7.59. The van der Waals surface area contributed by atoms with Gasteiger partial charge in [-0.25, -0.2) is 4.98 Å². The summed E-state index contributed by atoms with van der Waals surface area (Å²) >= 11 is 0. The predicted molar refractivity (Wildman–Crippen MR) is 76.8 cm³/mol. The van der Waals surface area contributed by atoms with Gasteiger partial charge in [0.2, 0.25) is 0 Å². The minimum absolute atomic E-state index is 0.336. The number of hydrogen-bond donors (Lipinski definition) is 1. The number of aryl methyl sites for hydroxylation is 1. The summed E-state index contributed by atoms with van der Waals surface area (Å²) in [5, 5.41) is 7.59. The van der Waals surface area contributed by atoms with Gasteiger partial charge in [-0.1, -0.05) is 18.2 Å². The zero-order valence-corrected chi connectivity index (χ0v) is 11.9. The molecule has 0 aliphatic carbocycles. The van der Waals surface area contributed by atoms with Crippen LogP contribution >= 0.6 is 0 Å². The molecule has 0 fully saturated rings. The number of aromatic nitrogens is 3. The highest BCUT2D eigenvalue weighted by Gasteiger charge is 2.28. The maximum atomic E-state index is 5.75. The van der Waals surface area contributed by atoms with Crippen LogP contribution in [-0.4, -0.2) is 34.5 Å². The number of rotatable bonds is 4. The fourth-order valence-corrected chi connectivity index (χ4v) is 2.93. The fourth-order valence-electron chi connectivity index (χ4n) is 2.93. The van der Waals surface area contributed by atoms with E-state index in [1.54, 1.807) is 6.33 Å². The van der Waals surface area contributed by atoms with E-state index in [1.165, 1.54) is 5.56 Å². The molecule has 20 heavy (non-hydrogen) atoms. The van der Waals surface area contributed by atoms with Crippen molar-refractivity contribution in [1.29, 1.82) is 0 Å². The van der Waals surface area contributed by atoms with Crippen LogP contribution in [0.25, 0.3) is 0 Å². The average Bonchev–Trinajstić information content (AvgIpc) is 2.89. The lowest BCUT2D eigenvalue weighted by molar-refractivity contribution is 0.246. The Bertz CT molecular complexity index is 581. The van der Waals surface area contributed by atoms with E-state index in [1.807, 2.05) is 24.8 Å². The average molecular weight is 272 g/mol. The molecule has 1 aliphatic heterocycles. The number of hydrogen-bond acceptors (Lipinski definition) is 4. The van der Waals surface area contributed by atoms with Gasteiger partial charge in [0.25, 0.3) is 0 Å². The van der Waals surface area contributed by atoms with Crippen molar-refractivity contribution < 1.29 is 4.74 Å². The first-order chi connectivity index (χ1) is 9.79. The van der Waals surface area contributed by atoms with Crippen molar-refractivity contribution in [3.63, 3.8) is 0 Å².